The van der Waals surface area contributed by atoms with Crippen molar-refractivity contribution >= 4 is 29.1 Å². The first-order chi connectivity index (χ1) is 14.5. The summed E-state index contributed by atoms with van der Waals surface area (Å²) in [7, 11) is 1.71. The Morgan fingerprint density at radius 3 is 2.47 bits per heavy atom. The van der Waals surface area contributed by atoms with Gasteiger partial charge in [-0.1, -0.05) is 44.2 Å². The van der Waals surface area contributed by atoms with Gasteiger partial charge in [0.2, 0.25) is 11.8 Å². The van der Waals surface area contributed by atoms with E-state index in [0.29, 0.717) is 25.5 Å². The van der Waals surface area contributed by atoms with E-state index in [2.05, 4.69) is 20.9 Å². The van der Waals surface area contributed by atoms with Crippen molar-refractivity contribution in [2.24, 2.45) is 10.9 Å². The van der Waals surface area contributed by atoms with Crippen molar-refractivity contribution in [1.29, 1.82) is 0 Å². The van der Waals surface area contributed by atoms with Gasteiger partial charge in [-0.15, -0.1) is 0 Å². The fraction of sp³-hybridized carbons (Fsp3) is 0.348. The number of carbonyl (C=O) groups is 2. The van der Waals surface area contributed by atoms with Gasteiger partial charge in [0.05, 0.1) is 6.04 Å². The highest BCUT2D eigenvalue weighted by atomic mass is 16.2. The molecule has 1 saturated heterocycles. The molecule has 2 aromatic rings. The second kappa shape index (κ2) is 9.91. The van der Waals surface area contributed by atoms with Crippen LogP contribution in [0.2, 0.25) is 0 Å². The third-order valence-electron chi connectivity index (χ3n) is 4.96. The standard InChI is InChI=1S/C23H29N5O2/c1-16(2)22(30)26-18-11-9-17(10-12-18)14-25-23(24-3)27-19-13-21(29)28(15-19)20-7-5-4-6-8-20/h4-12,16,19H,13-15H2,1-3H3,(H,26,30)(H2,24,25,27). The lowest BCUT2D eigenvalue weighted by atomic mass is 10.1. The summed E-state index contributed by atoms with van der Waals surface area (Å²) in [6, 6.07) is 17.4. The number of guanidine groups is 1. The second-order valence-corrected chi connectivity index (χ2v) is 7.65. The van der Waals surface area contributed by atoms with Gasteiger partial charge >= 0.3 is 0 Å². The predicted octanol–water partition coefficient (Wildman–Crippen LogP) is 2.75. The third kappa shape index (κ3) is 5.59. The maximum Gasteiger partial charge on any atom is 0.229 e. The van der Waals surface area contributed by atoms with Gasteiger partial charge < -0.3 is 20.9 Å². The minimum Gasteiger partial charge on any atom is -0.352 e. The number of rotatable bonds is 6. The molecule has 7 heteroatoms. The zero-order chi connectivity index (χ0) is 21.5. The summed E-state index contributed by atoms with van der Waals surface area (Å²) in [6.07, 6.45) is 0.430. The first-order valence-electron chi connectivity index (χ1n) is 10.2. The first kappa shape index (κ1) is 21.4. The molecule has 1 aliphatic heterocycles. The number of hydrogen-bond donors (Lipinski definition) is 3. The fourth-order valence-corrected chi connectivity index (χ4v) is 3.23. The highest BCUT2D eigenvalue weighted by Gasteiger charge is 2.31. The normalized spacial score (nSPS) is 16.7. The number of para-hydroxylation sites is 1. The molecule has 0 aromatic heterocycles. The summed E-state index contributed by atoms with van der Waals surface area (Å²) in [5.74, 6) is 0.704. The zero-order valence-electron chi connectivity index (χ0n) is 17.7. The molecule has 0 bridgehead atoms. The van der Waals surface area contributed by atoms with Crippen molar-refractivity contribution in [3.05, 3.63) is 60.2 Å². The Labute approximate surface area is 177 Å². The van der Waals surface area contributed by atoms with E-state index in [0.717, 1.165) is 16.9 Å². The van der Waals surface area contributed by atoms with Crippen LogP contribution >= 0.6 is 0 Å². The van der Waals surface area contributed by atoms with Crippen molar-refractivity contribution in [3.63, 3.8) is 0 Å². The molecule has 2 aromatic carbocycles. The van der Waals surface area contributed by atoms with Gasteiger partial charge in [0.15, 0.2) is 5.96 Å². The van der Waals surface area contributed by atoms with Crippen LogP contribution in [0.4, 0.5) is 11.4 Å². The molecular weight excluding hydrogens is 378 g/mol. The maximum absolute atomic E-state index is 12.4. The minimum absolute atomic E-state index is 0.00105. The molecule has 1 unspecified atom stereocenters. The summed E-state index contributed by atoms with van der Waals surface area (Å²) in [5.41, 5.74) is 2.76. The molecule has 2 amide bonds. The highest BCUT2D eigenvalue weighted by Crippen LogP contribution is 2.21. The molecule has 0 spiro atoms. The van der Waals surface area contributed by atoms with Crippen LogP contribution in [0.3, 0.4) is 0 Å². The maximum atomic E-state index is 12.4. The van der Waals surface area contributed by atoms with Gasteiger partial charge in [-0.3, -0.25) is 14.6 Å². The molecule has 1 atom stereocenters. The van der Waals surface area contributed by atoms with E-state index in [9.17, 15) is 9.59 Å². The Bertz CT molecular complexity index is 894. The summed E-state index contributed by atoms with van der Waals surface area (Å²) in [5, 5.41) is 9.50. The van der Waals surface area contributed by atoms with Crippen LogP contribution in [-0.4, -0.2) is 37.4 Å². The predicted molar refractivity (Wildman–Crippen MR) is 120 cm³/mol. The molecule has 3 rings (SSSR count). The Morgan fingerprint density at radius 2 is 1.83 bits per heavy atom. The fourth-order valence-electron chi connectivity index (χ4n) is 3.23. The molecule has 0 aliphatic carbocycles. The lowest BCUT2D eigenvalue weighted by Gasteiger charge is -2.19. The van der Waals surface area contributed by atoms with E-state index in [1.165, 1.54) is 0 Å². The van der Waals surface area contributed by atoms with Crippen molar-refractivity contribution in [3.8, 4) is 0 Å². The monoisotopic (exact) mass is 407 g/mol. The zero-order valence-corrected chi connectivity index (χ0v) is 17.7. The number of nitrogens with zero attached hydrogens (tertiary/aromatic N) is 2. The van der Waals surface area contributed by atoms with Crippen LogP contribution in [0.5, 0.6) is 0 Å². The number of nitrogens with one attached hydrogen (secondary N) is 3. The molecule has 158 valence electrons. The van der Waals surface area contributed by atoms with Crippen molar-refractivity contribution in [2.75, 3.05) is 23.8 Å². The van der Waals surface area contributed by atoms with E-state index in [4.69, 9.17) is 0 Å². The quantitative estimate of drug-likeness (QED) is 0.508. The summed E-state index contributed by atoms with van der Waals surface area (Å²) in [6.45, 7) is 4.92. The third-order valence-corrected chi connectivity index (χ3v) is 4.96. The SMILES string of the molecule is CN=C(NCc1ccc(NC(=O)C(C)C)cc1)NC1CC(=O)N(c2ccccc2)C1. The molecule has 1 aliphatic rings. The summed E-state index contributed by atoms with van der Waals surface area (Å²) in [4.78, 5) is 30.2. The number of hydrogen-bond acceptors (Lipinski definition) is 3. The van der Waals surface area contributed by atoms with Gasteiger partial charge in [-0.05, 0) is 29.8 Å². The Kier molecular flexibility index (Phi) is 7.06. The average molecular weight is 408 g/mol. The Hall–Kier alpha value is -3.35. The van der Waals surface area contributed by atoms with Crippen LogP contribution < -0.4 is 20.9 Å². The topological polar surface area (TPSA) is 85.8 Å². The highest BCUT2D eigenvalue weighted by molar-refractivity contribution is 5.97. The first-order valence-corrected chi connectivity index (χ1v) is 10.2. The van der Waals surface area contributed by atoms with E-state index >= 15 is 0 Å². The van der Waals surface area contributed by atoms with E-state index in [1.54, 1.807) is 11.9 Å². The van der Waals surface area contributed by atoms with Crippen LogP contribution in [-0.2, 0) is 16.1 Å². The molecule has 30 heavy (non-hydrogen) atoms. The van der Waals surface area contributed by atoms with Crippen LogP contribution in [0.25, 0.3) is 0 Å². The summed E-state index contributed by atoms with van der Waals surface area (Å²) >= 11 is 0. The van der Waals surface area contributed by atoms with Gasteiger partial charge in [0.25, 0.3) is 0 Å². The number of benzene rings is 2. The van der Waals surface area contributed by atoms with Crippen molar-refractivity contribution < 1.29 is 9.59 Å². The van der Waals surface area contributed by atoms with Gasteiger partial charge in [0, 0.05) is 43.9 Å². The number of amides is 2. The lowest BCUT2D eigenvalue weighted by Crippen LogP contribution is -2.44. The minimum atomic E-state index is -0.0546. The number of aliphatic imine (C=N–C) groups is 1. The molecule has 3 N–H and O–H groups in total. The molecule has 0 saturated carbocycles. The molecule has 0 radical (unpaired) electrons. The van der Waals surface area contributed by atoms with Crippen LogP contribution in [0.1, 0.15) is 25.8 Å². The Balaban J connectivity index is 1.50. The van der Waals surface area contributed by atoms with Crippen LogP contribution in [0, 0.1) is 5.92 Å². The van der Waals surface area contributed by atoms with Gasteiger partial charge in [-0.25, -0.2) is 0 Å². The average Bonchev–Trinajstić information content (AvgIpc) is 3.12. The molecule has 7 nitrogen and oxygen atoms in total. The van der Waals surface area contributed by atoms with E-state index < -0.39 is 0 Å². The molecule has 1 heterocycles. The summed E-state index contributed by atoms with van der Waals surface area (Å²) < 4.78 is 0. The largest absolute Gasteiger partial charge is 0.352 e. The van der Waals surface area contributed by atoms with Crippen LogP contribution in [0.15, 0.2) is 59.6 Å². The van der Waals surface area contributed by atoms with Crippen molar-refractivity contribution in [1.82, 2.24) is 10.6 Å². The second-order valence-electron chi connectivity index (χ2n) is 7.65. The Morgan fingerprint density at radius 1 is 1.13 bits per heavy atom. The molecule has 1 fully saturated rings. The van der Waals surface area contributed by atoms with Crippen molar-refractivity contribution in [2.45, 2.75) is 32.9 Å². The van der Waals surface area contributed by atoms with E-state index in [-0.39, 0.29) is 23.8 Å². The van der Waals surface area contributed by atoms with E-state index in [1.807, 2.05) is 68.4 Å². The smallest absolute Gasteiger partial charge is 0.229 e. The number of anilines is 2. The number of carbonyl (C=O) groups excluding carboxylic acids is 2. The van der Waals surface area contributed by atoms with Gasteiger partial charge in [0.1, 0.15) is 0 Å². The van der Waals surface area contributed by atoms with Gasteiger partial charge in [-0.2, -0.15) is 0 Å². The molecular formula is C23H29N5O2. The lowest BCUT2D eigenvalue weighted by molar-refractivity contribution is -0.119.